The van der Waals surface area contributed by atoms with Crippen LogP contribution < -0.4 is 5.32 Å². The van der Waals surface area contributed by atoms with E-state index in [9.17, 15) is 0 Å². The number of hydrogen-bond donors (Lipinski definition) is 2. The second-order valence-corrected chi connectivity index (χ2v) is 4.93. The molecule has 0 amide bonds. The van der Waals surface area contributed by atoms with Crippen LogP contribution >= 0.6 is 0 Å². The fourth-order valence-electron chi connectivity index (χ4n) is 1.88. The number of hydrogen-bond acceptors (Lipinski definition) is 4. The van der Waals surface area contributed by atoms with Crippen LogP contribution in [0.1, 0.15) is 50.7 Å². The van der Waals surface area contributed by atoms with Crippen molar-refractivity contribution in [1.82, 2.24) is 20.2 Å². The summed E-state index contributed by atoms with van der Waals surface area (Å²) in [5, 5.41) is 10.4. The molecule has 0 saturated heterocycles. The van der Waals surface area contributed by atoms with E-state index in [1.807, 2.05) is 25.1 Å². The Kier molecular flexibility index (Phi) is 4.50. The number of aryl methyl sites for hydroxylation is 1. The van der Waals surface area contributed by atoms with Crippen LogP contribution in [0.25, 0.3) is 6.08 Å². The van der Waals surface area contributed by atoms with Gasteiger partial charge in [-0.25, -0.2) is 4.98 Å². The average molecular weight is 271 g/mol. The zero-order valence-corrected chi connectivity index (χ0v) is 12.4. The van der Waals surface area contributed by atoms with E-state index >= 15 is 0 Å². The molecule has 0 aromatic carbocycles. The second kappa shape index (κ2) is 6.32. The van der Waals surface area contributed by atoms with Crippen LogP contribution in [0.3, 0.4) is 0 Å². The third kappa shape index (κ3) is 3.23. The minimum absolute atomic E-state index is 0.424. The minimum Gasteiger partial charge on any atom is -0.322 e. The fraction of sp³-hybridized carbons (Fsp3) is 0.400. The van der Waals surface area contributed by atoms with Gasteiger partial charge < -0.3 is 5.32 Å². The van der Waals surface area contributed by atoms with Crippen molar-refractivity contribution in [3.8, 4) is 0 Å². The fourth-order valence-corrected chi connectivity index (χ4v) is 1.88. The van der Waals surface area contributed by atoms with Crippen LogP contribution in [0, 0.1) is 0 Å². The topological polar surface area (TPSA) is 66.5 Å². The zero-order valence-electron chi connectivity index (χ0n) is 12.4. The summed E-state index contributed by atoms with van der Waals surface area (Å²) in [7, 11) is 0. The zero-order chi connectivity index (χ0) is 14.5. The van der Waals surface area contributed by atoms with Crippen LogP contribution in [0.5, 0.6) is 0 Å². The number of allylic oxidation sites excluding steroid dienone is 1. The van der Waals surface area contributed by atoms with Gasteiger partial charge in [0, 0.05) is 11.8 Å². The first-order valence-electron chi connectivity index (χ1n) is 6.95. The van der Waals surface area contributed by atoms with Crippen molar-refractivity contribution in [2.45, 2.75) is 40.0 Å². The maximum absolute atomic E-state index is 4.58. The Hall–Kier alpha value is -2.17. The quantitative estimate of drug-likeness (QED) is 0.871. The molecular formula is C15H21N5. The highest BCUT2D eigenvalue weighted by molar-refractivity contribution is 5.54. The van der Waals surface area contributed by atoms with Crippen molar-refractivity contribution in [2.75, 3.05) is 5.32 Å². The smallest absolute Gasteiger partial charge is 0.153 e. The maximum Gasteiger partial charge on any atom is 0.153 e. The molecule has 0 aliphatic carbocycles. The van der Waals surface area contributed by atoms with Crippen LogP contribution in [0.2, 0.25) is 0 Å². The molecular weight excluding hydrogens is 250 g/mol. The van der Waals surface area contributed by atoms with Gasteiger partial charge in [-0.1, -0.05) is 26.8 Å². The molecule has 2 rings (SSSR count). The summed E-state index contributed by atoms with van der Waals surface area (Å²) in [5.74, 6) is 1.91. The Morgan fingerprint density at radius 2 is 2.15 bits per heavy atom. The number of aromatic nitrogens is 4. The lowest BCUT2D eigenvalue weighted by Crippen LogP contribution is -2.01. The molecule has 0 spiro atoms. The van der Waals surface area contributed by atoms with Crippen molar-refractivity contribution < 1.29 is 0 Å². The predicted octanol–water partition coefficient (Wildman–Crippen LogP) is 3.66. The molecule has 0 fully saturated rings. The summed E-state index contributed by atoms with van der Waals surface area (Å²) in [6, 6.07) is 2.00. The van der Waals surface area contributed by atoms with Gasteiger partial charge in [0.05, 0.1) is 17.6 Å². The summed E-state index contributed by atoms with van der Waals surface area (Å²) < 4.78 is 0. The summed E-state index contributed by atoms with van der Waals surface area (Å²) in [5.41, 5.74) is 3.00. The second-order valence-electron chi connectivity index (χ2n) is 4.93. The van der Waals surface area contributed by atoms with E-state index in [1.54, 1.807) is 6.20 Å². The van der Waals surface area contributed by atoms with Crippen molar-refractivity contribution >= 4 is 17.7 Å². The Balaban J connectivity index is 2.20. The van der Waals surface area contributed by atoms with E-state index in [-0.39, 0.29) is 0 Å². The van der Waals surface area contributed by atoms with Crippen molar-refractivity contribution in [3.05, 3.63) is 35.4 Å². The van der Waals surface area contributed by atoms with Gasteiger partial charge in [-0.15, -0.1) is 0 Å². The van der Waals surface area contributed by atoms with Gasteiger partial charge in [-0.3, -0.25) is 10.1 Å². The van der Waals surface area contributed by atoms with Crippen LogP contribution in [0.15, 0.2) is 18.3 Å². The Morgan fingerprint density at radius 1 is 1.35 bits per heavy atom. The maximum atomic E-state index is 4.58. The van der Waals surface area contributed by atoms with Crippen molar-refractivity contribution in [3.63, 3.8) is 0 Å². The molecule has 0 atom stereocenters. The van der Waals surface area contributed by atoms with E-state index in [0.29, 0.717) is 5.92 Å². The van der Waals surface area contributed by atoms with Crippen LogP contribution in [-0.4, -0.2) is 20.2 Å². The summed E-state index contributed by atoms with van der Waals surface area (Å²) >= 11 is 0. The van der Waals surface area contributed by atoms with Gasteiger partial charge in [-0.2, -0.15) is 5.10 Å². The van der Waals surface area contributed by atoms with E-state index in [2.05, 4.69) is 46.3 Å². The number of H-pyrrole nitrogens is 1. The normalized spacial score (nSPS) is 11.4. The molecule has 5 heteroatoms. The highest BCUT2D eigenvalue weighted by Crippen LogP contribution is 2.18. The van der Waals surface area contributed by atoms with Crippen molar-refractivity contribution in [1.29, 1.82) is 0 Å². The molecule has 5 nitrogen and oxygen atoms in total. The molecule has 0 bridgehead atoms. The van der Waals surface area contributed by atoms with Crippen molar-refractivity contribution in [2.24, 2.45) is 0 Å². The summed E-state index contributed by atoms with van der Waals surface area (Å²) in [4.78, 5) is 9.01. The lowest BCUT2D eigenvalue weighted by Gasteiger charge is -2.06. The van der Waals surface area contributed by atoms with E-state index in [4.69, 9.17) is 0 Å². The number of aromatic amines is 1. The molecule has 0 aliphatic heterocycles. The first kappa shape index (κ1) is 14.2. The van der Waals surface area contributed by atoms with Gasteiger partial charge >= 0.3 is 0 Å². The molecule has 2 aromatic heterocycles. The first-order chi connectivity index (χ1) is 9.63. The first-order valence-corrected chi connectivity index (χ1v) is 6.95. The molecule has 2 heterocycles. The highest BCUT2D eigenvalue weighted by Gasteiger charge is 2.07. The lowest BCUT2D eigenvalue weighted by molar-refractivity contribution is 0.811. The van der Waals surface area contributed by atoms with Crippen LogP contribution in [0.4, 0.5) is 11.6 Å². The standard InChI is InChI=1S/C15H21N5/c1-5-7-12-11(6-2)17-15(9-16-12)18-14-8-13(10(3)4)19-20-14/h5,7-10H,6H2,1-4H3,(H2,17,18,19,20)/b7-5-. The number of nitrogens with one attached hydrogen (secondary N) is 2. The number of rotatable bonds is 5. The number of anilines is 2. The lowest BCUT2D eigenvalue weighted by atomic mass is 10.1. The molecule has 0 saturated carbocycles. The summed E-state index contributed by atoms with van der Waals surface area (Å²) in [6.07, 6.45) is 6.53. The summed E-state index contributed by atoms with van der Waals surface area (Å²) in [6.45, 7) is 8.30. The van der Waals surface area contributed by atoms with Gasteiger partial charge in [0.2, 0.25) is 0 Å². The van der Waals surface area contributed by atoms with Gasteiger partial charge in [-0.05, 0) is 25.3 Å². The minimum atomic E-state index is 0.424. The van der Waals surface area contributed by atoms with Crippen LogP contribution in [-0.2, 0) is 6.42 Å². The molecule has 106 valence electrons. The van der Waals surface area contributed by atoms with Gasteiger partial charge in [0.1, 0.15) is 5.82 Å². The third-order valence-electron chi connectivity index (χ3n) is 3.01. The molecule has 2 N–H and O–H groups in total. The third-order valence-corrected chi connectivity index (χ3v) is 3.01. The molecule has 0 radical (unpaired) electrons. The monoisotopic (exact) mass is 271 g/mol. The Bertz CT molecular complexity index is 598. The van der Waals surface area contributed by atoms with E-state index in [0.717, 1.165) is 35.1 Å². The average Bonchev–Trinajstić information content (AvgIpc) is 2.89. The Labute approximate surface area is 119 Å². The molecule has 20 heavy (non-hydrogen) atoms. The molecule has 0 aliphatic rings. The van der Waals surface area contributed by atoms with Gasteiger partial charge in [0.15, 0.2) is 5.82 Å². The van der Waals surface area contributed by atoms with E-state index < -0.39 is 0 Å². The SMILES string of the molecule is C/C=C\c1ncc(Nc2cc(C(C)C)[nH]n2)nc1CC. The van der Waals surface area contributed by atoms with E-state index in [1.165, 1.54) is 0 Å². The molecule has 0 unspecified atom stereocenters. The molecule has 2 aromatic rings. The largest absolute Gasteiger partial charge is 0.322 e. The van der Waals surface area contributed by atoms with Gasteiger partial charge in [0.25, 0.3) is 0 Å². The predicted molar refractivity (Wildman–Crippen MR) is 82.1 cm³/mol. The number of nitrogens with zero attached hydrogens (tertiary/aromatic N) is 3. The highest BCUT2D eigenvalue weighted by atomic mass is 15.2. The Morgan fingerprint density at radius 3 is 2.75 bits per heavy atom.